The summed E-state index contributed by atoms with van der Waals surface area (Å²) < 4.78 is 6.26. The molecule has 0 unspecified atom stereocenters. The number of aromatic nitrogens is 4. The van der Waals surface area contributed by atoms with Crippen molar-refractivity contribution in [2.75, 3.05) is 74.7 Å². The third-order valence-corrected chi connectivity index (χ3v) is 9.41. The van der Waals surface area contributed by atoms with Crippen LogP contribution in [-0.4, -0.2) is 114 Å². The minimum absolute atomic E-state index is 0.0653. The third-order valence-electron chi connectivity index (χ3n) is 9.41. The van der Waals surface area contributed by atoms with E-state index in [9.17, 15) is 14.9 Å². The molecular weight excluding hydrogens is 560 g/mol. The van der Waals surface area contributed by atoms with Gasteiger partial charge in [-0.3, -0.25) is 9.59 Å². The molecule has 2 aromatic heterocycles. The summed E-state index contributed by atoms with van der Waals surface area (Å²) in [5.74, 6) is 1.47. The Labute approximate surface area is 258 Å². The Morgan fingerprint density at radius 2 is 1.86 bits per heavy atom. The number of hydrogen-bond donors (Lipinski definition) is 0. The maximum Gasteiger partial charge on any atom is 0.318 e. The van der Waals surface area contributed by atoms with E-state index in [2.05, 4.69) is 44.4 Å². The number of fused-ring (bicyclic) bond motifs is 2. The van der Waals surface area contributed by atoms with E-state index >= 15 is 0 Å². The van der Waals surface area contributed by atoms with Crippen molar-refractivity contribution in [2.24, 2.45) is 0 Å². The molecule has 0 bridgehead atoms. The first-order chi connectivity index (χ1) is 21.4. The summed E-state index contributed by atoms with van der Waals surface area (Å²) in [6.45, 7) is 8.09. The van der Waals surface area contributed by atoms with E-state index < -0.39 is 0 Å². The van der Waals surface area contributed by atoms with Crippen molar-refractivity contribution in [1.82, 2.24) is 29.7 Å². The molecule has 2 fully saturated rings. The Hall–Kier alpha value is -4.31. The predicted octanol–water partition coefficient (Wildman–Crippen LogP) is 1.37. The fraction of sp³-hybridized carbons (Fsp3) is 0.581. The lowest BCUT2D eigenvalue weighted by molar-refractivity contribution is -0.128. The highest BCUT2D eigenvalue weighted by Crippen LogP contribution is 2.36. The van der Waals surface area contributed by atoms with Gasteiger partial charge in [-0.05, 0) is 38.9 Å². The van der Waals surface area contributed by atoms with Crippen molar-refractivity contribution in [3.05, 3.63) is 35.9 Å². The van der Waals surface area contributed by atoms with Crippen LogP contribution in [0.3, 0.4) is 0 Å². The molecule has 4 aliphatic rings. The number of piperazine rings is 1. The van der Waals surface area contributed by atoms with Crippen molar-refractivity contribution in [3.63, 3.8) is 0 Å². The summed E-state index contributed by atoms with van der Waals surface area (Å²) >= 11 is 0. The lowest BCUT2D eigenvalue weighted by Crippen LogP contribution is -2.55. The van der Waals surface area contributed by atoms with Crippen molar-refractivity contribution in [2.45, 2.75) is 57.0 Å². The van der Waals surface area contributed by atoms with Crippen LogP contribution in [0.25, 0.3) is 0 Å². The molecule has 13 heteroatoms. The zero-order valence-corrected chi connectivity index (χ0v) is 25.6. The smallest absolute Gasteiger partial charge is 0.318 e. The summed E-state index contributed by atoms with van der Waals surface area (Å²) in [5.41, 5.74) is 3.65. The number of rotatable bonds is 7. The molecule has 2 amide bonds. The van der Waals surface area contributed by atoms with E-state index in [-0.39, 0.29) is 24.3 Å². The minimum Gasteiger partial charge on any atom is -0.462 e. The number of ether oxygens (including phenoxy) is 1. The zero-order valence-electron chi connectivity index (χ0n) is 25.6. The third kappa shape index (κ3) is 5.78. The Balaban J connectivity index is 1.31. The highest BCUT2D eigenvalue weighted by Gasteiger charge is 2.34. The number of aryl methyl sites for hydroxylation is 1. The molecule has 6 heterocycles. The molecule has 232 valence electrons. The maximum absolute atomic E-state index is 12.6. The van der Waals surface area contributed by atoms with Crippen LogP contribution in [0.4, 0.5) is 17.3 Å². The second-order valence-electron chi connectivity index (χ2n) is 12.0. The van der Waals surface area contributed by atoms with Crippen molar-refractivity contribution >= 4 is 29.1 Å². The van der Waals surface area contributed by atoms with Gasteiger partial charge in [0.25, 0.3) is 0 Å². The van der Waals surface area contributed by atoms with Crippen LogP contribution in [0.2, 0.25) is 0 Å². The summed E-state index contributed by atoms with van der Waals surface area (Å²) in [4.78, 5) is 54.3. The number of hydrogen-bond acceptors (Lipinski definition) is 11. The number of nitriles is 1. The standard InChI is InChI=1S/C31H40N10O3/c1-4-26(42)41-17-16-40(18-21(41)9-12-32)29-23-10-14-39(30-28-25(33-20-34-30)7-8-27(43)38(28)3)15-11-24(23)35-31(36-29)44-19-22-6-5-13-37(22)2/h4,20-22H,1,5-11,13-19H2,2-3H3/t21-,22-/m0/s1. The van der Waals surface area contributed by atoms with Crippen LogP contribution >= 0.6 is 0 Å². The molecule has 2 atom stereocenters. The van der Waals surface area contributed by atoms with Gasteiger partial charge in [-0.25, -0.2) is 9.97 Å². The van der Waals surface area contributed by atoms with Crippen LogP contribution in [0, 0.1) is 11.3 Å². The van der Waals surface area contributed by atoms with Gasteiger partial charge >= 0.3 is 6.01 Å². The summed E-state index contributed by atoms with van der Waals surface area (Å²) in [6.07, 6.45) is 7.73. The first-order valence-corrected chi connectivity index (χ1v) is 15.5. The van der Waals surface area contributed by atoms with Crippen LogP contribution in [0.15, 0.2) is 19.0 Å². The maximum atomic E-state index is 12.6. The number of anilines is 3. The van der Waals surface area contributed by atoms with Crippen LogP contribution in [0.1, 0.15) is 42.6 Å². The number of likely N-dealkylation sites (N-methyl/N-ethyl adjacent to an activating group) is 1. The van der Waals surface area contributed by atoms with Gasteiger partial charge in [0.1, 0.15) is 24.4 Å². The molecule has 4 aliphatic heterocycles. The number of carbonyl (C=O) groups is 2. The first-order valence-electron chi connectivity index (χ1n) is 15.5. The minimum atomic E-state index is -0.274. The molecule has 0 saturated carbocycles. The van der Waals surface area contributed by atoms with Gasteiger partial charge in [0.15, 0.2) is 5.82 Å². The predicted molar refractivity (Wildman–Crippen MR) is 165 cm³/mol. The van der Waals surface area contributed by atoms with E-state index in [1.54, 1.807) is 23.2 Å². The van der Waals surface area contributed by atoms with Crippen molar-refractivity contribution in [3.8, 4) is 12.1 Å². The SMILES string of the molecule is C=CC(=O)N1CCN(c2nc(OC[C@@H]3CCCN3C)nc3c2CCN(c2ncnc4c2N(C)C(=O)CC4)CC3)C[C@@H]1CC#N. The molecule has 44 heavy (non-hydrogen) atoms. The largest absolute Gasteiger partial charge is 0.462 e. The second kappa shape index (κ2) is 12.7. The molecule has 0 N–H and O–H groups in total. The average Bonchev–Trinajstić information content (AvgIpc) is 3.33. The quantitative estimate of drug-likeness (QED) is 0.427. The van der Waals surface area contributed by atoms with E-state index in [0.29, 0.717) is 77.1 Å². The van der Waals surface area contributed by atoms with Crippen LogP contribution < -0.4 is 19.4 Å². The monoisotopic (exact) mass is 600 g/mol. The molecular formula is C31H40N10O3. The summed E-state index contributed by atoms with van der Waals surface area (Å²) in [7, 11) is 3.91. The molecule has 6 rings (SSSR count). The highest BCUT2D eigenvalue weighted by atomic mass is 16.5. The van der Waals surface area contributed by atoms with Gasteiger partial charge in [-0.1, -0.05) is 6.58 Å². The number of amides is 2. The average molecular weight is 601 g/mol. The number of likely N-dealkylation sites (tertiary alicyclic amines) is 1. The Kier molecular flexibility index (Phi) is 8.61. The molecule has 2 saturated heterocycles. The van der Waals surface area contributed by atoms with Gasteiger partial charge in [0.05, 0.1) is 29.9 Å². The molecule has 2 aromatic rings. The fourth-order valence-electron chi connectivity index (χ4n) is 6.87. The fourth-order valence-corrected chi connectivity index (χ4v) is 6.87. The van der Waals surface area contributed by atoms with Gasteiger partial charge < -0.3 is 29.2 Å². The number of nitrogens with zero attached hydrogens (tertiary/aromatic N) is 10. The van der Waals surface area contributed by atoms with E-state index in [4.69, 9.17) is 14.7 Å². The van der Waals surface area contributed by atoms with Crippen molar-refractivity contribution < 1.29 is 14.3 Å². The Bertz CT molecular complexity index is 1480. The molecule has 13 nitrogen and oxygen atoms in total. The highest BCUT2D eigenvalue weighted by molar-refractivity contribution is 5.98. The lowest BCUT2D eigenvalue weighted by atomic mass is 10.1. The van der Waals surface area contributed by atoms with E-state index in [1.165, 1.54) is 6.08 Å². The topological polar surface area (TPSA) is 135 Å². The van der Waals surface area contributed by atoms with E-state index in [0.717, 1.165) is 53.7 Å². The van der Waals surface area contributed by atoms with Gasteiger partial charge in [0, 0.05) is 70.6 Å². The zero-order chi connectivity index (χ0) is 30.8. The van der Waals surface area contributed by atoms with Gasteiger partial charge in [-0.15, -0.1) is 0 Å². The Morgan fingerprint density at radius 3 is 2.64 bits per heavy atom. The van der Waals surface area contributed by atoms with Crippen LogP contribution in [0.5, 0.6) is 6.01 Å². The van der Waals surface area contributed by atoms with Crippen molar-refractivity contribution in [1.29, 1.82) is 5.26 Å². The molecule has 0 aromatic carbocycles. The molecule has 0 radical (unpaired) electrons. The lowest BCUT2D eigenvalue weighted by Gasteiger charge is -2.41. The normalized spacial score (nSPS) is 22.2. The first kappa shape index (κ1) is 29.7. The number of carbonyl (C=O) groups excluding carboxylic acids is 2. The molecule has 0 spiro atoms. The summed E-state index contributed by atoms with van der Waals surface area (Å²) in [6, 6.07) is 2.66. The second-order valence-corrected chi connectivity index (χ2v) is 12.0. The van der Waals surface area contributed by atoms with Gasteiger partial charge in [0.2, 0.25) is 11.8 Å². The van der Waals surface area contributed by atoms with E-state index in [1.807, 2.05) is 0 Å². The molecule has 0 aliphatic carbocycles. The summed E-state index contributed by atoms with van der Waals surface area (Å²) in [5, 5.41) is 9.55. The Morgan fingerprint density at radius 1 is 1.02 bits per heavy atom. The van der Waals surface area contributed by atoms with Crippen LogP contribution in [-0.2, 0) is 28.9 Å². The van der Waals surface area contributed by atoms with Gasteiger partial charge in [-0.2, -0.15) is 15.2 Å².